The van der Waals surface area contributed by atoms with Gasteiger partial charge in [-0.25, -0.2) is 4.68 Å². The summed E-state index contributed by atoms with van der Waals surface area (Å²) in [6.07, 6.45) is 0.445. The van der Waals surface area contributed by atoms with Gasteiger partial charge in [0, 0.05) is 11.4 Å². The largest absolute Gasteiger partial charge is 0.492 e. The number of aromatic nitrogens is 2. The normalized spacial score (nSPS) is 10.5. The van der Waals surface area contributed by atoms with Gasteiger partial charge in [-0.05, 0) is 50.6 Å². The number of carbonyl (C=O) groups excluding carboxylic acids is 3. The number of Topliss-reactive ketones (excluding diaryl/α,β-unsaturated/α-hetero) is 1. The van der Waals surface area contributed by atoms with Gasteiger partial charge in [0.1, 0.15) is 5.75 Å². The third-order valence-corrected chi connectivity index (χ3v) is 5.27. The number of ether oxygens (including phenoxy) is 1. The first-order chi connectivity index (χ1) is 15.8. The molecule has 0 radical (unpaired) electrons. The molecule has 0 spiro atoms. The Morgan fingerprint density at radius 2 is 1.76 bits per heavy atom. The molecule has 0 aliphatic rings. The number of nitrogens with zero attached hydrogens (tertiary/aromatic N) is 2. The fraction of sp³-hybridized carbons (Fsp3) is 0.217. The van der Waals surface area contributed by atoms with Gasteiger partial charge in [0.05, 0.1) is 34.3 Å². The Bertz CT molecular complexity index is 1180. The van der Waals surface area contributed by atoms with Crippen LogP contribution in [-0.4, -0.2) is 34.0 Å². The van der Waals surface area contributed by atoms with E-state index >= 15 is 0 Å². The number of benzene rings is 2. The van der Waals surface area contributed by atoms with E-state index in [0.29, 0.717) is 33.6 Å². The summed E-state index contributed by atoms with van der Waals surface area (Å²) in [5.41, 5.74) is 6.31. The van der Waals surface area contributed by atoms with Crippen molar-refractivity contribution in [3.8, 4) is 11.4 Å². The van der Waals surface area contributed by atoms with Crippen molar-refractivity contribution in [2.45, 2.75) is 26.7 Å². The lowest BCUT2D eigenvalue weighted by Crippen LogP contribution is -2.45. The molecule has 2 aromatic carbocycles. The topological polar surface area (TPSA) is 102 Å². The zero-order valence-electron chi connectivity index (χ0n) is 18.0. The van der Waals surface area contributed by atoms with Crippen molar-refractivity contribution in [2.75, 3.05) is 6.61 Å². The second-order valence-electron chi connectivity index (χ2n) is 7.15. The number of amides is 2. The van der Waals surface area contributed by atoms with Crippen LogP contribution in [0.25, 0.3) is 5.69 Å². The second-order valence-corrected chi connectivity index (χ2v) is 7.99. The molecule has 3 aromatic rings. The molecule has 0 aliphatic heterocycles. The quantitative estimate of drug-likeness (QED) is 0.216. The number of rotatable bonds is 8. The molecule has 33 heavy (non-hydrogen) atoms. The third kappa shape index (κ3) is 6.12. The molecule has 0 bridgehead atoms. The van der Waals surface area contributed by atoms with Crippen molar-refractivity contribution < 1.29 is 19.1 Å². The first kappa shape index (κ1) is 24.3. The summed E-state index contributed by atoms with van der Waals surface area (Å²) in [7, 11) is 0. The van der Waals surface area contributed by atoms with Gasteiger partial charge in [-0.3, -0.25) is 25.2 Å². The van der Waals surface area contributed by atoms with Crippen molar-refractivity contribution >= 4 is 40.8 Å². The van der Waals surface area contributed by atoms with Crippen LogP contribution in [0.1, 0.15) is 34.6 Å². The lowest BCUT2D eigenvalue weighted by molar-refractivity contribution is -0.126. The van der Waals surface area contributed by atoms with Crippen molar-refractivity contribution in [1.29, 1.82) is 0 Å². The second kappa shape index (κ2) is 11.0. The van der Waals surface area contributed by atoms with Crippen molar-refractivity contribution in [3.05, 3.63) is 75.5 Å². The summed E-state index contributed by atoms with van der Waals surface area (Å²) in [6.45, 7) is 3.59. The summed E-state index contributed by atoms with van der Waals surface area (Å²) in [5, 5.41) is 5.23. The highest BCUT2D eigenvalue weighted by Crippen LogP contribution is 2.27. The van der Waals surface area contributed by atoms with E-state index in [-0.39, 0.29) is 18.6 Å². The molecule has 0 fully saturated rings. The Morgan fingerprint density at radius 1 is 1.03 bits per heavy atom. The van der Waals surface area contributed by atoms with E-state index in [2.05, 4.69) is 16.0 Å². The van der Waals surface area contributed by atoms with Gasteiger partial charge < -0.3 is 4.74 Å². The summed E-state index contributed by atoms with van der Waals surface area (Å²) < 4.78 is 7.11. The number of aryl methyl sites for hydroxylation is 1. The Balaban J connectivity index is 1.49. The summed E-state index contributed by atoms with van der Waals surface area (Å²) >= 11 is 11.9. The molecular weight excluding hydrogens is 467 g/mol. The molecule has 3 rings (SSSR count). The van der Waals surface area contributed by atoms with Crippen LogP contribution < -0.4 is 15.6 Å². The zero-order valence-corrected chi connectivity index (χ0v) is 19.5. The number of halogens is 2. The maximum Gasteiger partial charge on any atom is 0.310 e. The number of hydrogen-bond acceptors (Lipinski definition) is 5. The summed E-state index contributed by atoms with van der Waals surface area (Å²) in [5.74, 6) is -1.74. The van der Waals surface area contributed by atoms with Crippen LogP contribution in [-0.2, 0) is 9.59 Å². The Labute approximate surface area is 200 Å². The maximum atomic E-state index is 12.7. The van der Waals surface area contributed by atoms with Crippen LogP contribution in [0.3, 0.4) is 0 Å². The molecule has 0 unspecified atom stereocenters. The predicted molar refractivity (Wildman–Crippen MR) is 125 cm³/mol. The fourth-order valence-electron chi connectivity index (χ4n) is 3.16. The van der Waals surface area contributed by atoms with Gasteiger partial charge in [0.15, 0.2) is 0 Å². The molecule has 2 N–H and O–H groups in total. The molecule has 0 saturated heterocycles. The number of nitrogens with one attached hydrogen (secondary N) is 2. The smallest absolute Gasteiger partial charge is 0.310 e. The van der Waals surface area contributed by atoms with Crippen molar-refractivity contribution in [2.24, 2.45) is 0 Å². The van der Waals surface area contributed by atoms with Crippen LogP contribution >= 0.6 is 23.2 Å². The lowest BCUT2D eigenvalue weighted by Gasteiger charge is -2.09. The SMILES string of the molecule is Cc1nn(-c2ccccc2)c(C)c1C(=O)C(=O)NNC(=O)CCCOc1ccc(Cl)cc1Cl. The zero-order chi connectivity index (χ0) is 24.0. The van der Waals surface area contributed by atoms with E-state index in [1.807, 2.05) is 30.3 Å². The molecule has 0 atom stereocenters. The van der Waals surface area contributed by atoms with Gasteiger partial charge in [-0.2, -0.15) is 5.10 Å². The van der Waals surface area contributed by atoms with Gasteiger partial charge in [-0.1, -0.05) is 41.4 Å². The third-order valence-electron chi connectivity index (χ3n) is 4.74. The average Bonchev–Trinajstić information content (AvgIpc) is 3.10. The minimum atomic E-state index is -0.952. The molecule has 2 amide bonds. The van der Waals surface area contributed by atoms with Crippen LogP contribution in [0.15, 0.2) is 48.5 Å². The molecule has 10 heteroatoms. The first-order valence-electron chi connectivity index (χ1n) is 10.1. The van der Waals surface area contributed by atoms with E-state index in [0.717, 1.165) is 5.69 Å². The van der Waals surface area contributed by atoms with Crippen LogP contribution in [0.4, 0.5) is 0 Å². The van der Waals surface area contributed by atoms with Gasteiger partial charge >= 0.3 is 5.91 Å². The Hall–Kier alpha value is -3.36. The number of para-hydroxylation sites is 1. The van der Waals surface area contributed by atoms with Crippen LogP contribution in [0.2, 0.25) is 10.0 Å². The molecule has 0 saturated carbocycles. The van der Waals surface area contributed by atoms with Crippen molar-refractivity contribution in [1.82, 2.24) is 20.6 Å². The summed E-state index contributed by atoms with van der Waals surface area (Å²) in [6, 6.07) is 14.1. The molecule has 1 aromatic heterocycles. The molecule has 0 aliphatic carbocycles. The summed E-state index contributed by atoms with van der Waals surface area (Å²) in [4.78, 5) is 37.0. The van der Waals surface area contributed by atoms with E-state index in [1.165, 1.54) is 0 Å². The minimum Gasteiger partial charge on any atom is -0.492 e. The number of carbonyl (C=O) groups is 3. The van der Waals surface area contributed by atoms with E-state index in [1.54, 1.807) is 36.7 Å². The average molecular weight is 489 g/mol. The van der Waals surface area contributed by atoms with Crippen LogP contribution in [0, 0.1) is 13.8 Å². The standard InChI is InChI=1S/C23H22Cl2N4O4/c1-14-21(15(2)29(28-14)17-7-4-3-5-8-17)22(31)23(32)27-26-20(30)9-6-12-33-19-11-10-16(24)13-18(19)25/h3-5,7-8,10-11,13H,6,9,12H2,1-2H3,(H,26,30)(H,27,32). The minimum absolute atomic E-state index is 0.0731. The van der Waals surface area contributed by atoms with E-state index in [4.69, 9.17) is 27.9 Å². The van der Waals surface area contributed by atoms with E-state index < -0.39 is 17.6 Å². The highest BCUT2D eigenvalue weighted by Gasteiger charge is 2.25. The Kier molecular flexibility index (Phi) is 8.08. The monoisotopic (exact) mass is 488 g/mol. The molecule has 8 nitrogen and oxygen atoms in total. The number of hydrogen-bond donors (Lipinski definition) is 2. The maximum absolute atomic E-state index is 12.7. The fourth-order valence-corrected chi connectivity index (χ4v) is 3.62. The first-order valence-corrected chi connectivity index (χ1v) is 10.9. The highest BCUT2D eigenvalue weighted by atomic mass is 35.5. The lowest BCUT2D eigenvalue weighted by atomic mass is 10.1. The highest BCUT2D eigenvalue weighted by molar-refractivity contribution is 6.43. The van der Waals surface area contributed by atoms with Gasteiger partial charge in [0.2, 0.25) is 5.91 Å². The molecule has 1 heterocycles. The van der Waals surface area contributed by atoms with Crippen molar-refractivity contribution in [3.63, 3.8) is 0 Å². The number of ketones is 1. The van der Waals surface area contributed by atoms with Gasteiger partial charge in [0.25, 0.3) is 5.78 Å². The Morgan fingerprint density at radius 3 is 2.45 bits per heavy atom. The van der Waals surface area contributed by atoms with Gasteiger partial charge in [-0.15, -0.1) is 0 Å². The van der Waals surface area contributed by atoms with Crippen LogP contribution in [0.5, 0.6) is 5.75 Å². The van der Waals surface area contributed by atoms with E-state index in [9.17, 15) is 14.4 Å². The predicted octanol–water partition coefficient (Wildman–Crippen LogP) is 3.99. The molecule has 172 valence electrons. The molecular formula is C23H22Cl2N4O4. The number of hydrazine groups is 1.